The Morgan fingerprint density at radius 2 is 2.00 bits per heavy atom. The van der Waals surface area contributed by atoms with Crippen LogP contribution in [-0.4, -0.2) is 21.9 Å². The van der Waals surface area contributed by atoms with E-state index in [1.54, 1.807) is 32.9 Å². The van der Waals surface area contributed by atoms with Gasteiger partial charge in [0.25, 0.3) is 0 Å². The maximum atomic E-state index is 11.6. The van der Waals surface area contributed by atoms with Gasteiger partial charge in [0.2, 0.25) is 0 Å². The van der Waals surface area contributed by atoms with Gasteiger partial charge in [0.05, 0.1) is 11.3 Å². The quantitative estimate of drug-likeness (QED) is 0.718. The predicted molar refractivity (Wildman–Crippen MR) is 71.1 cm³/mol. The van der Waals surface area contributed by atoms with Gasteiger partial charge in [-0.25, -0.2) is 4.79 Å². The van der Waals surface area contributed by atoms with Crippen molar-refractivity contribution in [3.05, 3.63) is 23.8 Å². The van der Waals surface area contributed by atoms with Gasteiger partial charge in [-0.1, -0.05) is 6.07 Å². The minimum absolute atomic E-state index is 0.0566. The summed E-state index contributed by atoms with van der Waals surface area (Å²) in [6.45, 7) is 5.28. The fourth-order valence-electron chi connectivity index (χ4n) is 1.75. The SMILES string of the molecule is CC(C)(C)OC(=O)Nc1cc(C2(O)CC2)ccc1O. The summed E-state index contributed by atoms with van der Waals surface area (Å²) >= 11 is 0. The third-order valence-corrected chi connectivity index (χ3v) is 2.89. The number of anilines is 1. The number of amides is 1. The molecule has 1 amide bonds. The van der Waals surface area contributed by atoms with Crippen molar-refractivity contribution in [1.82, 2.24) is 0 Å². The molecule has 1 fully saturated rings. The van der Waals surface area contributed by atoms with Gasteiger partial charge in [0, 0.05) is 0 Å². The second-order valence-electron chi connectivity index (χ2n) is 5.89. The number of carbonyl (C=O) groups is 1. The minimum atomic E-state index is -0.807. The van der Waals surface area contributed by atoms with Crippen LogP contribution in [0.25, 0.3) is 0 Å². The third kappa shape index (κ3) is 3.38. The van der Waals surface area contributed by atoms with Gasteiger partial charge in [-0.2, -0.15) is 0 Å². The van der Waals surface area contributed by atoms with E-state index in [0.29, 0.717) is 18.4 Å². The van der Waals surface area contributed by atoms with E-state index in [0.717, 1.165) is 0 Å². The number of hydrogen-bond donors (Lipinski definition) is 3. The van der Waals surface area contributed by atoms with Crippen LogP contribution < -0.4 is 5.32 Å². The molecule has 104 valence electrons. The molecular weight excluding hydrogens is 246 g/mol. The van der Waals surface area contributed by atoms with Gasteiger partial charge in [0.1, 0.15) is 11.4 Å². The normalized spacial score (nSPS) is 16.8. The van der Waals surface area contributed by atoms with Crippen LogP contribution in [0.2, 0.25) is 0 Å². The molecule has 1 saturated carbocycles. The molecule has 0 atom stereocenters. The number of aliphatic hydroxyl groups is 1. The highest BCUT2D eigenvalue weighted by atomic mass is 16.6. The van der Waals surface area contributed by atoms with E-state index >= 15 is 0 Å². The van der Waals surface area contributed by atoms with Gasteiger partial charge in [-0.15, -0.1) is 0 Å². The lowest BCUT2D eigenvalue weighted by atomic mass is 10.1. The van der Waals surface area contributed by atoms with Crippen molar-refractivity contribution < 1.29 is 19.7 Å². The van der Waals surface area contributed by atoms with E-state index in [4.69, 9.17) is 4.74 Å². The second-order valence-corrected chi connectivity index (χ2v) is 5.89. The summed E-state index contributed by atoms with van der Waals surface area (Å²) in [6.07, 6.45) is 0.760. The Balaban J connectivity index is 2.13. The van der Waals surface area contributed by atoms with Gasteiger partial charge < -0.3 is 14.9 Å². The number of nitrogens with one attached hydrogen (secondary N) is 1. The summed E-state index contributed by atoms with van der Waals surface area (Å²) in [5.74, 6) is -0.0566. The van der Waals surface area contributed by atoms with Crippen molar-refractivity contribution in [2.24, 2.45) is 0 Å². The standard InChI is InChI=1S/C14H19NO4/c1-13(2,3)19-12(17)15-10-8-9(4-5-11(10)16)14(18)6-7-14/h4-5,8,16,18H,6-7H2,1-3H3,(H,15,17). The number of ether oxygens (including phenoxy) is 1. The van der Waals surface area contributed by atoms with Crippen LogP contribution in [-0.2, 0) is 10.3 Å². The Bertz CT molecular complexity index is 501. The van der Waals surface area contributed by atoms with Crippen LogP contribution in [0.4, 0.5) is 10.5 Å². The average molecular weight is 265 g/mol. The van der Waals surface area contributed by atoms with Crippen molar-refractivity contribution in [3.8, 4) is 5.75 Å². The van der Waals surface area contributed by atoms with Gasteiger partial charge in [0.15, 0.2) is 0 Å². The topological polar surface area (TPSA) is 78.8 Å². The van der Waals surface area contributed by atoms with Gasteiger partial charge in [-0.3, -0.25) is 5.32 Å². The highest BCUT2D eigenvalue weighted by molar-refractivity contribution is 5.87. The van der Waals surface area contributed by atoms with Crippen LogP contribution >= 0.6 is 0 Å². The zero-order valence-electron chi connectivity index (χ0n) is 11.4. The fourth-order valence-corrected chi connectivity index (χ4v) is 1.75. The molecule has 0 aromatic heterocycles. The second kappa shape index (κ2) is 4.42. The summed E-state index contributed by atoms with van der Waals surface area (Å²) in [6, 6.07) is 4.69. The molecule has 1 aromatic rings. The highest BCUT2D eigenvalue weighted by Crippen LogP contribution is 2.46. The Morgan fingerprint density at radius 3 is 2.53 bits per heavy atom. The largest absolute Gasteiger partial charge is 0.506 e. The molecule has 0 spiro atoms. The minimum Gasteiger partial charge on any atom is -0.506 e. The lowest BCUT2D eigenvalue weighted by molar-refractivity contribution is 0.0635. The molecule has 0 aliphatic heterocycles. The number of rotatable bonds is 2. The summed E-state index contributed by atoms with van der Waals surface area (Å²) in [5, 5.41) is 22.2. The van der Waals surface area contributed by atoms with Crippen molar-refractivity contribution in [3.63, 3.8) is 0 Å². The van der Waals surface area contributed by atoms with Crippen LogP contribution in [0.1, 0.15) is 39.2 Å². The molecule has 0 unspecified atom stereocenters. The third-order valence-electron chi connectivity index (χ3n) is 2.89. The van der Waals surface area contributed by atoms with Crippen molar-refractivity contribution in [1.29, 1.82) is 0 Å². The average Bonchev–Trinajstić information content (AvgIpc) is 2.98. The molecule has 1 aliphatic rings. The first-order valence-corrected chi connectivity index (χ1v) is 6.25. The fraction of sp³-hybridized carbons (Fsp3) is 0.500. The Morgan fingerprint density at radius 1 is 1.37 bits per heavy atom. The number of phenolic OH excluding ortho intramolecular Hbond substituents is 1. The van der Waals surface area contributed by atoms with E-state index in [2.05, 4.69) is 5.32 Å². The number of carbonyl (C=O) groups excluding carboxylic acids is 1. The lowest BCUT2D eigenvalue weighted by Gasteiger charge is -2.20. The van der Waals surface area contributed by atoms with Crippen LogP contribution in [0.15, 0.2) is 18.2 Å². The van der Waals surface area contributed by atoms with E-state index in [1.165, 1.54) is 6.07 Å². The Kier molecular flexibility index (Phi) is 3.18. The van der Waals surface area contributed by atoms with Gasteiger partial charge >= 0.3 is 6.09 Å². The highest BCUT2D eigenvalue weighted by Gasteiger charge is 2.42. The summed E-state index contributed by atoms with van der Waals surface area (Å²) < 4.78 is 5.11. The number of benzene rings is 1. The Hall–Kier alpha value is -1.75. The van der Waals surface area contributed by atoms with E-state index in [-0.39, 0.29) is 11.4 Å². The monoisotopic (exact) mass is 265 g/mol. The molecule has 5 nitrogen and oxygen atoms in total. The summed E-state index contributed by atoms with van der Waals surface area (Å²) in [5.41, 5.74) is -0.479. The van der Waals surface area contributed by atoms with Crippen LogP contribution in [0.5, 0.6) is 5.75 Å². The maximum Gasteiger partial charge on any atom is 0.412 e. The Labute approximate surface area is 112 Å². The van der Waals surface area contributed by atoms with Gasteiger partial charge in [-0.05, 0) is 51.3 Å². The van der Waals surface area contributed by atoms with Crippen molar-refractivity contribution in [2.75, 3.05) is 5.32 Å². The molecule has 0 radical (unpaired) electrons. The molecule has 0 saturated heterocycles. The smallest absolute Gasteiger partial charge is 0.412 e. The van der Waals surface area contributed by atoms with E-state index in [1.807, 2.05) is 0 Å². The molecule has 5 heteroatoms. The molecule has 19 heavy (non-hydrogen) atoms. The maximum absolute atomic E-state index is 11.6. The summed E-state index contributed by atoms with van der Waals surface area (Å²) in [4.78, 5) is 11.6. The first kappa shape index (κ1) is 13.7. The first-order chi connectivity index (χ1) is 8.70. The summed E-state index contributed by atoms with van der Waals surface area (Å²) in [7, 11) is 0. The molecule has 0 heterocycles. The first-order valence-electron chi connectivity index (χ1n) is 6.25. The number of phenols is 1. The van der Waals surface area contributed by atoms with Crippen LogP contribution in [0, 0.1) is 0 Å². The molecule has 3 N–H and O–H groups in total. The lowest BCUT2D eigenvalue weighted by Crippen LogP contribution is -2.27. The van der Waals surface area contributed by atoms with Crippen LogP contribution in [0.3, 0.4) is 0 Å². The van der Waals surface area contributed by atoms with E-state index < -0.39 is 17.3 Å². The number of aromatic hydroxyl groups is 1. The molecule has 1 aromatic carbocycles. The van der Waals surface area contributed by atoms with Crippen molar-refractivity contribution in [2.45, 2.75) is 44.8 Å². The van der Waals surface area contributed by atoms with E-state index in [9.17, 15) is 15.0 Å². The molecular formula is C14H19NO4. The van der Waals surface area contributed by atoms with Crippen molar-refractivity contribution >= 4 is 11.8 Å². The zero-order chi connectivity index (χ0) is 14.3. The predicted octanol–water partition coefficient (Wildman–Crippen LogP) is 2.72. The molecule has 1 aliphatic carbocycles. The molecule has 0 bridgehead atoms. The number of hydrogen-bond acceptors (Lipinski definition) is 4. The zero-order valence-corrected chi connectivity index (χ0v) is 11.4. The molecule has 2 rings (SSSR count).